The lowest BCUT2D eigenvalue weighted by Gasteiger charge is -2.30. The van der Waals surface area contributed by atoms with Gasteiger partial charge in [-0.3, -0.25) is 0 Å². The summed E-state index contributed by atoms with van der Waals surface area (Å²) < 4.78 is 0. The standard InChI is InChI=1S/C19H23NO/c21-14-15-5-4-8-19(13-15)20-18-11-9-17(10-12-18)16-6-2-1-3-7-16/h1-8,13,17-18,20-21H,9-12,14H2. The molecule has 0 saturated heterocycles. The monoisotopic (exact) mass is 281 g/mol. The molecule has 110 valence electrons. The molecule has 2 N–H and O–H groups in total. The summed E-state index contributed by atoms with van der Waals surface area (Å²) in [5.74, 6) is 0.716. The number of nitrogens with one attached hydrogen (secondary N) is 1. The maximum Gasteiger partial charge on any atom is 0.0682 e. The van der Waals surface area contributed by atoms with Crippen molar-refractivity contribution >= 4 is 5.69 Å². The Bertz CT molecular complexity index is 559. The van der Waals surface area contributed by atoms with E-state index in [0.29, 0.717) is 12.0 Å². The van der Waals surface area contributed by atoms with Gasteiger partial charge in [-0.05, 0) is 54.9 Å². The molecule has 2 aromatic rings. The van der Waals surface area contributed by atoms with E-state index < -0.39 is 0 Å². The summed E-state index contributed by atoms with van der Waals surface area (Å²) in [7, 11) is 0. The molecule has 0 radical (unpaired) electrons. The van der Waals surface area contributed by atoms with E-state index in [1.165, 1.54) is 31.2 Å². The summed E-state index contributed by atoms with van der Waals surface area (Å²) in [5.41, 5.74) is 3.58. The van der Waals surface area contributed by atoms with Crippen LogP contribution in [-0.4, -0.2) is 11.1 Å². The van der Waals surface area contributed by atoms with Crippen molar-refractivity contribution in [1.29, 1.82) is 0 Å². The van der Waals surface area contributed by atoms with Crippen LogP contribution in [0.15, 0.2) is 54.6 Å². The van der Waals surface area contributed by atoms with Gasteiger partial charge in [0.1, 0.15) is 0 Å². The van der Waals surface area contributed by atoms with Crippen molar-refractivity contribution < 1.29 is 5.11 Å². The second-order valence-electron chi connectivity index (χ2n) is 5.96. The molecular formula is C19H23NO. The number of benzene rings is 2. The molecule has 0 bridgehead atoms. The first-order valence-electron chi connectivity index (χ1n) is 7.86. The number of hydrogen-bond acceptors (Lipinski definition) is 2. The van der Waals surface area contributed by atoms with Crippen LogP contribution in [0.25, 0.3) is 0 Å². The normalized spacial score (nSPS) is 22.0. The Morgan fingerprint density at radius 1 is 0.905 bits per heavy atom. The molecule has 1 aliphatic carbocycles. The molecule has 21 heavy (non-hydrogen) atoms. The molecule has 1 fully saturated rings. The summed E-state index contributed by atoms with van der Waals surface area (Å²) in [6.07, 6.45) is 4.93. The average molecular weight is 281 g/mol. The van der Waals surface area contributed by atoms with E-state index in [1.54, 1.807) is 0 Å². The van der Waals surface area contributed by atoms with Gasteiger partial charge in [-0.1, -0.05) is 42.5 Å². The van der Waals surface area contributed by atoms with E-state index in [0.717, 1.165) is 11.3 Å². The molecule has 1 saturated carbocycles. The van der Waals surface area contributed by atoms with E-state index in [4.69, 9.17) is 0 Å². The first-order valence-corrected chi connectivity index (χ1v) is 7.86. The lowest BCUT2D eigenvalue weighted by Crippen LogP contribution is -2.25. The summed E-state index contributed by atoms with van der Waals surface area (Å²) in [5, 5.41) is 12.8. The van der Waals surface area contributed by atoms with Gasteiger partial charge in [-0.25, -0.2) is 0 Å². The Hall–Kier alpha value is -1.80. The Morgan fingerprint density at radius 3 is 2.38 bits per heavy atom. The Morgan fingerprint density at radius 2 is 1.67 bits per heavy atom. The van der Waals surface area contributed by atoms with Gasteiger partial charge >= 0.3 is 0 Å². The highest BCUT2D eigenvalue weighted by Crippen LogP contribution is 2.33. The zero-order valence-corrected chi connectivity index (χ0v) is 12.3. The van der Waals surface area contributed by atoms with Crippen molar-refractivity contribution in [1.82, 2.24) is 0 Å². The van der Waals surface area contributed by atoms with Crippen molar-refractivity contribution in [2.24, 2.45) is 0 Å². The predicted molar refractivity (Wildman–Crippen MR) is 87.4 cm³/mol. The lowest BCUT2D eigenvalue weighted by molar-refractivity contribution is 0.282. The molecule has 0 spiro atoms. The second-order valence-corrected chi connectivity index (χ2v) is 5.96. The molecule has 2 nitrogen and oxygen atoms in total. The largest absolute Gasteiger partial charge is 0.392 e. The number of aliphatic hydroxyl groups is 1. The first-order chi connectivity index (χ1) is 10.3. The number of aliphatic hydroxyl groups excluding tert-OH is 1. The van der Waals surface area contributed by atoms with Crippen LogP contribution < -0.4 is 5.32 Å². The average Bonchev–Trinajstić information content (AvgIpc) is 2.56. The molecule has 0 atom stereocenters. The van der Waals surface area contributed by atoms with Crippen molar-refractivity contribution in [3.05, 3.63) is 65.7 Å². The van der Waals surface area contributed by atoms with Gasteiger partial charge < -0.3 is 10.4 Å². The van der Waals surface area contributed by atoms with Gasteiger partial charge in [0, 0.05) is 11.7 Å². The molecule has 2 heteroatoms. The van der Waals surface area contributed by atoms with Crippen LogP contribution in [0.2, 0.25) is 0 Å². The third-order valence-corrected chi connectivity index (χ3v) is 4.48. The second kappa shape index (κ2) is 6.77. The Labute approximate surface area is 126 Å². The van der Waals surface area contributed by atoms with Crippen molar-refractivity contribution in [3.63, 3.8) is 0 Å². The third-order valence-electron chi connectivity index (χ3n) is 4.48. The van der Waals surface area contributed by atoms with Crippen molar-refractivity contribution in [2.45, 2.75) is 44.2 Å². The minimum absolute atomic E-state index is 0.107. The first kappa shape index (κ1) is 14.2. The minimum atomic E-state index is 0.107. The fourth-order valence-electron chi connectivity index (χ4n) is 3.29. The highest BCUT2D eigenvalue weighted by molar-refractivity contribution is 5.46. The molecule has 0 aliphatic heterocycles. The number of anilines is 1. The zero-order chi connectivity index (χ0) is 14.5. The molecule has 0 heterocycles. The van der Waals surface area contributed by atoms with Crippen LogP contribution >= 0.6 is 0 Å². The molecule has 0 amide bonds. The van der Waals surface area contributed by atoms with Gasteiger partial charge in [0.2, 0.25) is 0 Å². The smallest absolute Gasteiger partial charge is 0.0682 e. The lowest BCUT2D eigenvalue weighted by atomic mass is 9.82. The van der Waals surface area contributed by atoms with Crippen LogP contribution in [0.3, 0.4) is 0 Å². The molecule has 3 rings (SSSR count). The SMILES string of the molecule is OCc1cccc(NC2CCC(c3ccccc3)CC2)c1. The summed E-state index contributed by atoms with van der Waals surface area (Å²) in [4.78, 5) is 0. The molecule has 0 aromatic heterocycles. The van der Waals surface area contributed by atoms with Crippen LogP contribution in [0.4, 0.5) is 5.69 Å². The van der Waals surface area contributed by atoms with E-state index in [9.17, 15) is 5.11 Å². The van der Waals surface area contributed by atoms with Crippen LogP contribution in [-0.2, 0) is 6.61 Å². The van der Waals surface area contributed by atoms with E-state index in [2.05, 4.69) is 41.7 Å². The molecule has 0 unspecified atom stereocenters. The summed E-state index contributed by atoms with van der Waals surface area (Å²) >= 11 is 0. The van der Waals surface area contributed by atoms with E-state index >= 15 is 0 Å². The van der Waals surface area contributed by atoms with Crippen molar-refractivity contribution in [2.75, 3.05) is 5.32 Å². The van der Waals surface area contributed by atoms with Crippen molar-refractivity contribution in [3.8, 4) is 0 Å². The number of rotatable bonds is 4. The van der Waals surface area contributed by atoms with Crippen LogP contribution in [0.5, 0.6) is 0 Å². The van der Waals surface area contributed by atoms with Gasteiger partial charge in [0.15, 0.2) is 0 Å². The summed E-state index contributed by atoms with van der Waals surface area (Å²) in [6, 6.07) is 19.5. The Balaban J connectivity index is 1.56. The zero-order valence-electron chi connectivity index (χ0n) is 12.3. The fraction of sp³-hybridized carbons (Fsp3) is 0.368. The van der Waals surface area contributed by atoms with Gasteiger partial charge in [0.05, 0.1) is 6.61 Å². The summed E-state index contributed by atoms with van der Waals surface area (Å²) in [6.45, 7) is 0.107. The van der Waals surface area contributed by atoms with E-state index in [-0.39, 0.29) is 6.61 Å². The maximum atomic E-state index is 9.20. The molecule has 2 aromatic carbocycles. The topological polar surface area (TPSA) is 32.3 Å². The highest BCUT2D eigenvalue weighted by Gasteiger charge is 2.22. The van der Waals surface area contributed by atoms with Gasteiger partial charge in [0.25, 0.3) is 0 Å². The van der Waals surface area contributed by atoms with Crippen LogP contribution in [0, 0.1) is 0 Å². The van der Waals surface area contributed by atoms with Gasteiger partial charge in [-0.15, -0.1) is 0 Å². The van der Waals surface area contributed by atoms with Gasteiger partial charge in [-0.2, -0.15) is 0 Å². The maximum absolute atomic E-state index is 9.20. The predicted octanol–water partition coefficient (Wildman–Crippen LogP) is 4.32. The third kappa shape index (κ3) is 3.64. The Kier molecular flexibility index (Phi) is 4.56. The number of hydrogen-bond donors (Lipinski definition) is 2. The molecular weight excluding hydrogens is 258 g/mol. The fourth-order valence-corrected chi connectivity index (χ4v) is 3.29. The minimum Gasteiger partial charge on any atom is -0.392 e. The molecule has 1 aliphatic rings. The van der Waals surface area contributed by atoms with Crippen LogP contribution in [0.1, 0.15) is 42.7 Å². The quantitative estimate of drug-likeness (QED) is 0.875. The van der Waals surface area contributed by atoms with E-state index in [1.807, 2.05) is 18.2 Å². The highest BCUT2D eigenvalue weighted by atomic mass is 16.3.